The first-order chi connectivity index (χ1) is 14.9. The van der Waals surface area contributed by atoms with Crippen molar-refractivity contribution in [1.29, 1.82) is 0 Å². The number of imide groups is 1. The topological polar surface area (TPSA) is 124 Å². The van der Waals surface area contributed by atoms with E-state index in [1.165, 1.54) is 36.4 Å². The maximum atomic E-state index is 13.0. The second-order valence-corrected chi connectivity index (χ2v) is 6.81. The highest BCUT2D eigenvalue weighted by atomic mass is 16.6. The Morgan fingerprint density at radius 3 is 2.45 bits per heavy atom. The highest BCUT2D eigenvalue weighted by molar-refractivity contribution is 6.34. The van der Waals surface area contributed by atoms with Gasteiger partial charge in [-0.25, -0.2) is 14.7 Å². The third-order valence-corrected chi connectivity index (χ3v) is 4.97. The lowest BCUT2D eigenvalue weighted by Gasteiger charge is -2.13. The molecule has 2 amide bonds. The molecule has 0 atom stereocenters. The van der Waals surface area contributed by atoms with Crippen LogP contribution < -0.4 is 10.5 Å². The van der Waals surface area contributed by atoms with Gasteiger partial charge in [0.25, 0.3) is 17.5 Å². The summed E-state index contributed by atoms with van der Waals surface area (Å²) in [6.45, 7) is 0. The second kappa shape index (κ2) is 6.70. The minimum Gasteiger partial charge on any atom is -0.403 e. The molecule has 0 bridgehead atoms. The average Bonchev–Trinajstić information content (AvgIpc) is 3.03. The van der Waals surface area contributed by atoms with Crippen LogP contribution in [0.2, 0.25) is 0 Å². The van der Waals surface area contributed by atoms with Crippen LogP contribution in [0.3, 0.4) is 0 Å². The smallest absolute Gasteiger partial charge is 0.347 e. The van der Waals surface area contributed by atoms with Crippen LogP contribution in [0.1, 0.15) is 20.7 Å². The van der Waals surface area contributed by atoms with Crippen molar-refractivity contribution in [3.8, 4) is 11.5 Å². The Kier molecular flexibility index (Phi) is 3.97. The highest BCUT2D eigenvalue weighted by Crippen LogP contribution is 2.32. The van der Waals surface area contributed by atoms with Gasteiger partial charge in [0.1, 0.15) is 0 Å². The molecule has 2 heterocycles. The van der Waals surface area contributed by atoms with Gasteiger partial charge in [-0.2, -0.15) is 0 Å². The normalized spacial score (nSPS) is 13.0. The van der Waals surface area contributed by atoms with Gasteiger partial charge in [-0.3, -0.25) is 19.7 Å². The number of carbonyl (C=O) groups is 2. The fraction of sp³-hybridized carbons (Fsp3) is 0. The van der Waals surface area contributed by atoms with Gasteiger partial charge in [0.2, 0.25) is 5.89 Å². The monoisotopic (exact) mass is 413 g/mol. The van der Waals surface area contributed by atoms with Crippen LogP contribution >= 0.6 is 0 Å². The quantitative estimate of drug-likeness (QED) is 0.286. The summed E-state index contributed by atoms with van der Waals surface area (Å²) in [6.07, 6.45) is 0. The number of nitrogens with zero attached hydrogens (tertiary/aromatic N) is 3. The summed E-state index contributed by atoms with van der Waals surface area (Å²) in [5, 5.41) is 11.4. The van der Waals surface area contributed by atoms with Crippen molar-refractivity contribution < 1.29 is 18.9 Å². The zero-order valence-corrected chi connectivity index (χ0v) is 15.6. The van der Waals surface area contributed by atoms with Crippen LogP contribution in [0.25, 0.3) is 22.4 Å². The minimum atomic E-state index is -0.634. The van der Waals surface area contributed by atoms with Gasteiger partial charge in [0.05, 0.1) is 32.6 Å². The van der Waals surface area contributed by atoms with Crippen LogP contribution in [0.15, 0.2) is 75.9 Å². The largest absolute Gasteiger partial charge is 0.403 e. The maximum absolute atomic E-state index is 13.0. The molecule has 0 saturated heterocycles. The molecule has 31 heavy (non-hydrogen) atoms. The predicted octanol–water partition coefficient (Wildman–Crippen LogP) is 3.56. The molecule has 0 N–H and O–H groups in total. The van der Waals surface area contributed by atoms with E-state index in [2.05, 4.69) is 4.98 Å². The number of hydrogen-bond acceptors (Lipinski definition) is 7. The van der Waals surface area contributed by atoms with Gasteiger partial charge in [0, 0.05) is 17.7 Å². The molecular weight excluding hydrogens is 402 g/mol. The van der Waals surface area contributed by atoms with Gasteiger partial charge in [-0.1, -0.05) is 18.2 Å². The number of nitro benzene ring substituents is 1. The molecule has 5 rings (SSSR count). The summed E-state index contributed by atoms with van der Waals surface area (Å²) in [7, 11) is 0. The van der Waals surface area contributed by atoms with Gasteiger partial charge < -0.3 is 4.42 Å². The van der Waals surface area contributed by atoms with Gasteiger partial charge in [-0.05, 0) is 36.4 Å². The number of aromatic nitrogens is 1. The van der Waals surface area contributed by atoms with Crippen molar-refractivity contribution in [2.45, 2.75) is 0 Å². The first kappa shape index (κ1) is 18.4. The van der Waals surface area contributed by atoms with Crippen LogP contribution in [0, 0.1) is 10.1 Å². The molecule has 0 unspecified atom stereocenters. The number of non-ortho nitro benzene ring substituents is 1. The number of amides is 2. The summed E-state index contributed by atoms with van der Waals surface area (Å²) in [6, 6.07) is 16.4. The predicted molar refractivity (Wildman–Crippen MR) is 110 cm³/mol. The van der Waals surface area contributed by atoms with E-state index in [0.717, 1.165) is 11.0 Å². The van der Waals surface area contributed by atoms with Crippen LogP contribution in [0.5, 0.6) is 0 Å². The van der Waals surface area contributed by atoms with E-state index < -0.39 is 22.4 Å². The molecule has 0 spiro atoms. The molecule has 1 aromatic heterocycles. The molecule has 3 aromatic carbocycles. The molecular formula is C22H11N3O6. The third kappa shape index (κ3) is 2.87. The van der Waals surface area contributed by atoms with Gasteiger partial charge >= 0.3 is 5.63 Å². The van der Waals surface area contributed by atoms with E-state index in [1.807, 2.05) is 0 Å². The molecule has 0 fully saturated rings. The number of para-hydroxylation sites is 1. The minimum absolute atomic E-state index is 0.0144. The number of benzene rings is 3. The molecule has 1 aliphatic rings. The van der Waals surface area contributed by atoms with Crippen molar-refractivity contribution in [2.24, 2.45) is 0 Å². The number of rotatable bonds is 3. The highest BCUT2D eigenvalue weighted by Gasteiger charge is 2.37. The van der Waals surface area contributed by atoms with Crippen LogP contribution in [0.4, 0.5) is 11.4 Å². The Labute approximate surface area is 173 Å². The van der Waals surface area contributed by atoms with E-state index >= 15 is 0 Å². The number of fused-ring (bicyclic) bond motifs is 2. The molecule has 4 aromatic rings. The molecule has 150 valence electrons. The summed E-state index contributed by atoms with van der Waals surface area (Å²) in [5.74, 6) is -1.22. The van der Waals surface area contributed by atoms with E-state index in [0.29, 0.717) is 16.5 Å². The van der Waals surface area contributed by atoms with E-state index in [9.17, 15) is 24.5 Å². The first-order valence-corrected chi connectivity index (χ1v) is 9.11. The van der Waals surface area contributed by atoms with Crippen molar-refractivity contribution in [1.82, 2.24) is 4.98 Å². The number of nitro groups is 1. The first-order valence-electron chi connectivity index (χ1n) is 9.11. The third-order valence-electron chi connectivity index (χ3n) is 4.97. The second-order valence-electron chi connectivity index (χ2n) is 6.81. The van der Waals surface area contributed by atoms with E-state index in [4.69, 9.17) is 4.42 Å². The standard InChI is InChI=1S/C22H11N3O6/c26-20-15-9-8-12(19-23-18-7-2-1-6-16(18)22(28)31-19)10-17(15)21(27)24(20)13-4-3-5-14(11-13)25(29)30/h1-11H. The number of carbonyl (C=O) groups excluding carboxylic acids is 2. The molecule has 0 radical (unpaired) electrons. The lowest BCUT2D eigenvalue weighted by molar-refractivity contribution is -0.384. The van der Waals surface area contributed by atoms with Crippen molar-refractivity contribution in [2.75, 3.05) is 4.90 Å². The zero-order valence-electron chi connectivity index (χ0n) is 15.6. The fourth-order valence-electron chi connectivity index (χ4n) is 3.50. The molecule has 9 nitrogen and oxygen atoms in total. The van der Waals surface area contributed by atoms with E-state index in [-0.39, 0.29) is 28.4 Å². The SMILES string of the molecule is O=C1c2ccc(-c3nc4ccccc4c(=O)o3)cc2C(=O)N1c1cccc([N+](=O)[O-])c1. The zero-order chi connectivity index (χ0) is 21.7. The average molecular weight is 413 g/mol. The lowest BCUT2D eigenvalue weighted by atomic mass is 10.1. The van der Waals surface area contributed by atoms with E-state index in [1.54, 1.807) is 24.3 Å². The van der Waals surface area contributed by atoms with Gasteiger partial charge in [-0.15, -0.1) is 0 Å². The summed E-state index contributed by atoms with van der Waals surface area (Å²) < 4.78 is 5.30. The van der Waals surface area contributed by atoms with Crippen LogP contribution in [-0.2, 0) is 0 Å². The summed E-state index contributed by atoms with van der Waals surface area (Å²) in [5.41, 5.74) is 0.310. The van der Waals surface area contributed by atoms with Crippen molar-refractivity contribution >= 4 is 34.1 Å². The maximum Gasteiger partial charge on any atom is 0.347 e. The Balaban J connectivity index is 1.59. The number of anilines is 1. The molecule has 1 aliphatic heterocycles. The lowest BCUT2D eigenvalue weighted by Crippen LogP contribution is -2.29. The molecule has 0 saturated carbocycles. The van der Waals surface area contributed by atoms with Gasteiger partial charge in [0.15, 0.2) is 0 Å². The summed E-state index contributed by atoms with van der Waals surface area (Å²) in [4.78, 5) is 53.7. The Morgan fingerprint density at radius 2 is 1.65 bits per heavy atom. The van der Waals surface area contributed by atoms with Crippen molar-refractivity contribution in [3.05, 3.63) is 98.4 Å². The summed E-state index contributed by atoms with van der Waals surface area (Å²) >= 11 is 0. The van der Waals surface area contributed by atoms with Crippen molar-refractivity contribution in [3.63, 3.8) is 0 Å². The fourth-order valence-corrected chi connectivity index (χ4v) is 3.50. The molecule has 0 aliphatic carbocycles. The number of hydrogen-bond donors (Lipinski definition) is 0. The van der Waals surface area contributed by atoms with Crippen LogP contribution in [-0.4, -0.2) is 21.7 Å². The Bertz CT molecular complexity index is 1490. The molecule has 9 heteroatoms. The Morgan fingerprint density at radius 1 is 0.871 bits per heavy atom. The Hall–Kier alpha value is -4.66.